The van der Waals surface area contributed by atoms with Gasteiger partial charge in [0, 0.05) is 55.8 Å². The van der Waals surface area contributed by atoms with Crippen molar-refractivity contribution in [3.63, 3.8) is 0 Å². The van der Waals surface area contributed by atoms with E-state index >= 15 is 0 Å². The minimum atomic E-state index is -0.946. The number of methoxy groups -OCH3 is 2. The van der Waals surface area contributed by atoms with Crippen LogP contribution in [-0.2, 0) is 18.1 Å². The molecule has 200 valence electrons. The van der Waals surface area contributed by atoms with E-state index in [1.54, 1.807) is 4.90 Å². The maximum Gasteiger partial charge on any atom is 0.244 e. The van der Waals surface area contributed by atoms with E-state index in [-0.39, 0.29) is 53.4 Å². The highest BCUT2D eigenvalue weighted by Gasteiger charge is 2.21. The minimum absolute atomic E-state index is 0.00283. The van der Waals surface area contributed by atoms with E-state index in [9.17, 15) is 13.6 Å². The zero-order valence-electron chi connectivity index (χ0n) is 21.0. The van der Waals surface area contributed by atoms with Gasteiger partial charge in [-0.2, -0.15) is 0 Å². The van der Waals surface area contributed by atoms with Gasteiger partial charge in [-0.15, -0.1) is 0 Å². The Morgan fingerprint density at radius 2 is 1.84 bits per heavy atom. The Balaban J connectivity index is 1.57. The molecule has 37 heavy (non-hydrogen) atoms. The number of likely N-dealkylation sites (N-methyl/N-ethyl adjacent to an activating group) is 1. The molecule has 1 amide bonds. The second kappa shape index (κ2) is 13.3. The highest BCUT2D eigenvalue weighted by Crippen LogP contribution is 2.34. The van der Waals surface area contributed by atoms with Crippen LogP contribution in [0.15, 0.2) is 35.3 Å². The van der Waals surface area contributed by atoms with Gasteiger partial charge in [0.05, 0.1) is 32.3 Å². The van der Waals surface area contributed by atoms with Crippen LogP contribution in [0.1, 0.15) is 11.1 Å². The standard InChI is InChI=1S/C24H31F2N7O4/c1-32-4-6-33(7-5-32)22(34)14-28-11-16(10-27)31-24-29-12-17(13-30-24)37-15-19-18(9-25)20(35-2)8-21(36-3)23(19)26/h8,10-13H,4-7,9,14-15,27H2,1-3H3,(H,29,30,31). The van der Waals surface area contributed by atoms with E-state index in [0.717, 1.165) is 13.1 Å². The fourth-order valence-corrected chi connectivity index (χ4v) is 3.56. The summed E-state index contributed by atoms with van der Waals surface area (Å²) in [6, 6.07) is 1.28. The SMILES string of the molecule is COc1cc(OC)c(CF)c(COc2cnc(NC(C=NCC(=O)N3CCN(C)CC3)=CN)nc2)c1F. The van der Waals surface area contributed by atoms with Crippen molar-refractivity contribution in [3.05, 3.63) is 47.3 Å². The summed E-state index contributed by atoms with van der Waals surface area (Å²) >= 11 is 0. The number of amides is 1. The van der Waals surface area contributed by atoms with Gasteiger partial charge in [-0.1, -0.05) is 0 Å². The lowest BCUT2D eigenvalue weighted by atomic mass is 10.1. The number of hydrogen-bond acceptors (Lipinski definition) is 10. The minimum Gasteiger partial charge on any atom is -0.496 e. The van der Waals surface area contributed by atoms with E-state index in [2.05, 4.69) is 25.2 Å². The van der Waals surface area contributed by atoms with Crippen LogP contribution in [0.4, 0.5) is 14.7 Å². The number of hydrogen-bond donors (Lipinski definition) is 2. The van der Waals surface area contributed by atoms with Crippen LogP contribution in [0.3, 0.4) is 0 Å². The second-order valence-electron chi connectivity index (χ2n) is 8.12. The molecule has 1 fully saturated rings. The van der Waals surface area contributed by atoms with Gasteiger partial charge in [-0.25, -0.2) is 18.7 Å². The molecule has 1 aromatic heterocycles. The van der Waals surface area contributed by atoms with Crippen molar-refractivity contribution in [2.75, 3.05) is 59.3 Å². The van der Waals surface area contributed by atoms with Crippen molar-refractivity contribution < 1.29 is 27.8 Å². The fourth-order valence-electron chi connectivity index (χ4n) is 3.56. The second-order valence-corrected chi connectivity index (χ2v) is 8.12. The molecule has 1 aliphatic heterocycles. The number of carbonyl (C=O) groups excluding carboxylic acids is 1. The van der Waals surface area contributed by atoms with Crippen LogP contribution in [-0.4, -0.2) is 85.9 Å². The summed E-state index contributed by atoms with van der Waals surface area (Å²) in [5.74, 6) is -0.307. The molecule has 0 spiro atoms. The molecule has 0 bridgehead atoms. The monoisotopic (exact) mass is 519 g/mol. The molecule has 2 aromatic rings. The van der Waals surface area contributed by atoms with Gasteiger partial charge in [-0.3, -0.25) is 9.79 Å². The van der Waals surface area contributed by atoms with Crippen LogP contribution >= 0.6 is 0 Å². The van der Waals surface area contributed by atoms with Gasteiger partial charge in [0.15, 0.2) is 17.3 Å². The van der Waals surface area contributed by atoms with E-state index in [1.165, 1.54) is 45.1 Å². The highest BCUT2D eigenvalue weighted by molar-refractivity contribution is 5.85. The molecule has 0 radical (unpaired) electrons. The predicted molar refractivity (Wildman–Crippen MR) is 134 cm³/mol. The Morgan fingerprint density at radius 3 is 2.43 bits per heavy atom. The average Bonchev–Trinajstić information content (AvgIpc) is 2.92. The van der Waals surface area contributed by atoms with Gasteiger partial charge in [-0.05, 0) is 7.05 Å². The molecule has 3 N–H and O–H groups in total. The topological polar surface area (TPSA) is 127 Å². The number of ether oxygens (including phenoxy) is 3. The Labute approximate surface area is 213 Å². The van der Waals surface area contributed by atoms with Crippen molar-refractivity contribution in [3.8, 4) is 17.2 Å². The first kappa shape index (κ1) is 27.6. The normalized spacial score (nSPS) is 14.6. The van der Waals surface area contributed by atoms with E-state index < -0.39 is 12.5 Å². The Hall–Kier alpha value is -4.00. The summed E-state index contributed by atoms with van der Waals surface area (Å²) in [7, 11) is 4.68. The summed E-state index contributed by atoms with van der Waals surface area (Å²) in [5, 5.41) is 2.88. The van der Waals surface area contributed by atoms with Crippen molar-refractivity contribution in [1.29, 1.82) is 0 Å². The number of piperazine rings is 1. The third-order valence-electron chi connectivity index (χ3n) is 5.74. The number of allylic oxidation sites excluding steroid dienone is 1. The first-order valence-electron chi connectivity index (χ1n) is 11.5. The molecule has 1 aliphatic rings. The summed E-state index contributed by atoms with van der Waals surface area (Å²) in [5.41, 5.74) is 6.03. The average molecular weight is 520 g/mol. The number of aromatic nitrogens is 2. The van der Waals surface area contributed by atoms with Crippen molar-refractivity contribution in [2.45, 2.75) is 13.3 Å². The number of halogens is 2. The van der Waals surface area contributed by atoms with Crippen molar-refractivity contribution in [2.24, 2.45) is 10.7 Å². The van der Waals surface area contributed by atoms with Crippen molar-refractivity contribution >= 4 is 18.1 Å². The third-order valence-corrected chi connectivity index (χ3v) is 5.74. The number of nitrogens with zero attached hydrogens (tertiary/aromatic N) is 5. The zero-order valence-corrected chi connectivity index (χ0v) is 21.0. The number of nitrogens with two attached hydrogens (primary N) is 1. The lowest BCUT2D eigenvalue weighted by molar-refractivity contribution is -0.131. The molecule has 3 rings (SSSR count). The van der Waals surface area contributed by atoms with Crippen molar-refractivity contribution in [1.82, 2.24) is 19.8 Å². The summed E-state index contributed by atoms with van der Waals surface area (Å²) in [4.78, 5) is 28.7. The maximum atomic E-state index is 14.7. The summed E-state index contributed by atoms with van der Waals surface area (Å²) < 4.78 is 44.1. The molecule has 1 aromatic carbocycles. The lowest BCUT2D eigenvalue weighted by Gasteiger charge is -2.32. The molecule has 11 nitrogen and oxygen atoms in total. The van der Waals surface area contributed by atoms with Gasteiger partial charge >= 0.3 is 0 Å². The molecule has 13 heteroatoms. The van der Waals surface area contributed by atoms with Crippen LogP contribution < -0.4 is 25.3 Å². The third kappa shape index (κ3) is 7.26. The van der Waals surface area contributed by atoms with Gasteiger partial charge in [0.2, 0.25) is 11.9 Å². The molecular weight excluding hydrogens is 488 g/mol. The number of alkyl halides is 1. The molecule has 0 atom stereocenters. The Kier molecular flexibility index (Phi) is 9.95. The largest absolute Gasteiger partial charge is 0.496 e. The zero-order chi connectivity index (χ0) is 26.8. The predicted octanol–water partition coefficient (Wildman–Crippen LogP) is 1.74. The summed E-state index contributed by atoms with van der Waals surface area (Å²) in [6.07, 6.45) is 5.43. The van der Waals surface area contributed by atoms with E-state index in [1.807, 2.05) is 7.05 Å². The molecule has 0 aliphatic carbocycles. The molecule has 1 saturated heterocycles. The first-order chi connectivity index (χ1) is 17.9. The van der Waals surface area contributed by atoms with Crippen LogP contribution in [0.5, 0.6) is 17.2 Å². The number of anilines is 1. The smallest absolute Gasteiger partial charge is 0.244 e. The van der Waals surface area contributed by atoms with Crippen LogP contribution in [0, 0.1) is 5.82 Å². The number of nitrogens with one attached hydrogen (secondary N) is 1. The number of carbonyl (C=O) groups is 1. The number of rotatable bonds is 11. The fraction of sp³-hybridized carbons (Fsp3) is 0.417. The molecule has 0 unspecified atom stereocenters. The summed E-state index contributed by atoms with van der Waals surface area (Å²) in [6.45, 7) is 1.79. The van der Waals surface area contributed by atoms with Crippen LogP contribution in [0.25, 0.3) is 0 Å². The molecule has 2 heterocycles. The van der Waals surface area contributed by atoms with Crippen LogP contribution in [0.2, 0.25) is 0 Å². The molecule has 0 saturated carbocycles. The quantitative estimate of drug-likeness (QED) is 0.427. The van der Waals surface area contributed by atoms with Gasteiger partial charge in [0.1, 0.15) is 25.6 Å². The maximum absolute atomic E-state index is 14.7. The lowest BCUT2D eigenvalue weighted by Crippen LogP contribution is -2.47. The van der Waals surface area contributed by atoms with Gasteiger partial charge in [0.25, 0.3) is 0 Å². The number of aliphatic imine (C=N–C) groups is 1. The first-order valence-corrected chi connectivity index (χ1v) is 11.5. The van der Waals surface area contributed by atoms with Gasteiger partial charge < -0.3 is 35.1 Å². The van der Waals surface area contributed by atoms with E-state index in [0.29, 0.717) is 18.8 Å². The Morgan fingerprint density at radius 1 is 1.16 bits per heavy atom. The number of benzene rings is 1. The molecular formula is C24H31F2N7O4. The Bertz CT molecular complexity index is 1120. The van der Waals surface area contributed by atoms with E-state index in [4.69, 9.17) is 19.9 Å². The highest BCUT2D eigenvalue weighted by atomic mass is 19.1.